The number of carboxylic acid groups (broad SMARTS) is 2. The highest BCUT2D eigenvalue weighted by molar-refractivity contribution is 5.85. The van der Waals surface area contributed by atoms with E-state index in [0.717, 1.165) is 0 Å². The maximum absolute atomic E-state index is 12.4. The van der Waals surface area contributed by atoms with Crippen molar-refractivity contribution in [2.75, 3.05) is 45.2 Å². The number of aliphatic carboxylic acids is 2. The third kappa shape index (κ3) is 8.77. The topological polar surface area (TPSA) is 294 Å². The van der Waals surface area contributed by atoms with Gasteiger partial charge in [0.1, 0.15) is 51.2 Å². The molecule has 0 bridgehead atoms. The highest BCUT2D eigenvalue weighted by Gasteiger charge is 2.40. The molecule has 1 saturated heterocycles. The van der Waals surface area contributed by atoms with Gasteiger partial charge in [0.25, 0.3) is 5.56 Å². The zero-order valence-corrected chi connectivity index (χ0v) is 21.9. The second-order valence-corrected chi connectivity index (χ2v) is 8.44. The Labute approximate surface area is 234 Å². The van der Waals surface area contributed by atoms with Gasteiger partial charge in [0.05, 0.1) is 6.33 Å². The molecule has 228 valence electrons. The Bertz CT molecular complexity index is 1410. The third-order valence-electron chi connectivity index (χ3n) is 5.46. The lowest BCUT2D eigenvalue weighted by Crippen LogP contribution is -2.42. The summed E-state index contributed by atoms with van der Waals surface area (Å²) in [5.41, 5.74) is -0.392. The van der Waals surface area contributed by atoms with Crippen molar-refractivity contribution in [3.8, 4) is 0 Å². The van der Waals surface area contributed by atoms with E-state index in [1.54, 1.807) is 0 Å². The number of carboxylic acids is 2. The lowest BCUT2D eigenvalue weighted by Gasteiger charge is -2.19. The first-order chi connectivity index (χ1) is 20.0. The number of carbonyl (C=O) groups is 6. The van der Waals surface area contributed by atoms with Crippen molar-refractivity contribution in [1.82, 2.24) is 40.8 Å². The molecule has 2 aromatic heterocycles. The van der Waals surface area contributed by atoms with Gasteiger partial charge in [-0.1, -0.05) is 0 Å². The molecule has 1 aliphatic heterocycles. The van der Waals surface area contributed by atoms with Gasteiger partial charge < -0.3 is 51.0 Å². The fourth-order valence-electron chi connectivity index (χ4n) is 3.57. The standard InChI is InChI=1S/C21H27N9O12/c1-22-19-28-17-16(18(37)29-19)27-8-30(17)13-2-9(42-21(39)26-4-12(32)24-6-15(35)36)10(41-13)7-40-20(38)25-3-11(31)23-5-14(33)34/h8-10,13H,2-7H2,1H3,(H,23,31)(H,24,32)(H,25,38)(H,26,39)(H,33,34)(H,35,36)(H2,22,28,29,37). The fraction of sp³-hybridized carbons (Fsp3) is 0.476. The molecule has 0 saturated carbocycles. The number of nitrogens with zero attached hydrogens (tertiary/aromatic N) is 3. The van der Waals surface area contributed by atoms with E-state index < -0.39 is 92.7 Å². The molecular formula is C21H27N9O12. The van der Waals surface area contributed by atoms with E-state index in [0.29, 0.717) is 0 Å². The largest absolute Gasteiger partial charge is 0.480 e. The summed E-state index contributed by atoms with van der Waals surface area (Å²) in [6.07, 6.45) is -3.96. The highest BCUT2D eigenvalue weighted by atomic mass is 16.6. The van der Waals surface area contributed by atoms with Crippen LogP contribution in [-0.4, -0.2) is 118 Å². The number of hydrogen-bond acceptors (Lipinski definition) is 13. The van der Waals surface area contributed by atoms with E-state index in [1.165, 1.54) is 17.9 Å². The van der Waals surface area contributed by atoms with Crippen LogP contribution in [0.2, 0.25) is 0 Å². The number of H-pyrrole nitrogens is 1. The van der Waals surface area contributed by atoms with E-state index in [2.05, 4.69) is 36.2 Å². The van der Waals surface area contributed by atoms with Crippen molar-refractivity contribution in [2.24, 2.45) is 0 Å². The molecule has 0 spiro atoms. The summed E-state index contributed by atoms with van der Waals surface area (Å²) in [7, 11) is 1.54. The van der Waals surface area contributed by atoms with E-state index >= 15 is 0 Å². The molecule has 3 atom stereocenters. The second kappa shape index (κ2) is 14.2. The number of alkyl carbamates (subject to hydrolysis) is 2. The lowest BCUT2D eigenvalue weighted by molar-refractivity contribution is -0.138. The maximum atomic E-state index is 12.4. The second-order valence-electron chi connectivity index (χ2n) is 8.44. The zero-order chi connectivity index (χ0) is 30.8. The molecule has 2 aromatic rings. The molecule has 42 heavy (non-hydrogen) atoms. The van der Waals surface area contributed by atoms with Crippen LogP contribution < -0.4 is 32.1 Å². The Kier molecular flexibility index (Phi) is 10.5. The van der Waals surface area contributed by atoms with Crippen LogP contribution in [0.1, 0.15) is 12.6 Å². The number of amides is 4. The molecule has 0 aliphatic carbocycles. The predicted octanol–water partition coefficient (Wildman–Crippen LogP) is -3.33. The number of fused-ring (bicyclic) bond motifs is 1. The number of anilines is 1. The van der Waals surface area contributed by atoms with Crippen LogP contribution in [0.25, 0.3) is 11.2 Å². The minimum absolute atomic E-state index is 0.000405. The van der Waals surface area contributed by atoms with Crippen molar-refractivity contribution >= 4 is 53.1 Å². The quantitative estimate of drug-likeness (QED) is 0.112. The molecule has 3 heterocycles. The van der Waals surface area contributed by atoms with Crippen LogP contribution in [0.4, 0.5) is 15.5 Å². The van der Waals surface area contributed by atoms with Crippen LogP contribution in [0.3, 0.4) is 0 Å². The molecule has 1 fully saturated rings. The Morgan fingerprint density at radius 3 is 2.21 bits per heavy atom. The number of aromatic amines is 1. The molecule has 21 nitrogen and oxygen atoms in total. The van der Waals surface area contributed by atoms with Gasteiger partial charge in [0, 0.05) is 13.5 Å². The summed E-state index contributed by atoms with van der Waals surface area (Å²) in [4.78, 5) is 91.9. The lowest BCUT2D eigenvalue weighted by atomic mass is 10.2. The summed E-state index contributed by atoms with van der Waals surface area (Å²) in [6, 6.07) is 0. The van der Waals surface area contributed by atoms with Crippen LogP contribution in [0.15, 0.2) is 11.1 Å². The van der Waals surface area contributed by atoms with Crippen LogP contribution >= 0.6 is 0 Å². The summed E-state index contributed by atoms with van der Waals surface area (Å²) < 4.78 is 17.8. The van der Waals surface area contributed by atoms with Gasteiger partial charge in [-0.3, -0.25) is 33.5 Å². The van der Waals surface area contributed by atoms with E-state index in [1.807, 2.05) is 5.32 Å². The first-order valence-electron chi connectivity index (χ1n) is 12.1. The van der Waals surface area contributed by atoms with Gasteiger partial charge in [-0.25, -0.2) is 14.6 Å². The molecule has 8 N–H and O–H groups in total. The normalized spacial score (nSPS) is 17.6. The minimum atomic E-state index is -1.28. The van der Waals surface area contributed by atoms with Crippen LogP contribution in [0, 0.1) is 0 Å². The zero-order valence-electron chi connectivity index (χ0n) is 21.9. The first kappa shape index (κ1) is 31.1. The van der Waals surface area contributed by atoms with Gasteiger partial charge >= 0.3 is 24.1 Å². The predicted molar refractivity (Wildman–Crippen MR) is 135 cm³/mol. The van der Waals surface area contributed by atoms with E-state index in [-0.39, 0.29) is 23.5 Å². The number of ether oxygens (including phenoxy) is 3. The molecule has 3 rings (SSSR count). The number of carbonyl (C=O) groups excluding carboxylic acids is 4. The monoisotopic (exact) mass is 597 g/mol. The molecule has 0 radical (unpaired) electrons. The molecule has 3 unspecified atom stereocenters. The number of rotatable bonds is 13. The van der Waals surface area contributed by atoms with Crippen molar-refractivity contribution in [3.05, 3.63) is 16.7 Å². The SMILES string of the molecule is CNc1nc2c(ncn2C2CC(OC(=O)NCC(=O)NCC(=O)O)C(COC(=O)NCC(=O)NCC(=O)O)O2)c(=O)[nH]1. The van der Waals surface area contributed by atoms with Gasteiger partial charge in [0.15, 0.2) is 11.2 Å². The minimum Gasteiger partial charge on any atom is -0.480 e. The third-order valence-corrected chi connectivity index (χ3v) is 5.46. The maximum Gasteiger partial charge on any atom is 0.407 e. The van der Waals surface area contributed by atoms with Gasteiger partial charge in [-0.2, -0.15) is 4.98 Å². The molecule has 21 heteroatoms. The first-order valence-corrected chi connectivity index (χ1v) is 12.1. The summed E-state index contributed by atoms with van der Waals surface area (Å²) in [5.74, 6) is -3.99. The summed E-state index contributed by atoms with van der Waals surface area (Å²) in [5, 5.41) is 28.3. The van der Waals surface area contributed by atoms with Crippen molar-refractivity contribution in [3.63, 3.8) is 0 Å². The van der Waals surface area contributed by atoms with E-state index in [4.69, 9.17) is 24.4 Å². The number of imidazole rings is 1. The van der Waals surface area contributed by atoms with Crippen molar-refractivity contribution < 1.29 is 53.2 Å². The summed E-state index contributed by atoms with van der Waals surface area (Å²) >= 11 is 0. The molecule has 0 aromatic carbocycles. The van der Waals surface area contributed by atoms with Gasteiger partial charge in [-0.05, 0) is 0 Å². The number of hydrogen-bond donors (Lipinski definition) is 8. The van der Waals surface area contributed by atoms with Crippen molar-refractivity contribution in [1.29, 1.82) is 0 Å². The molecular weight excluding hydrogens is 570 g/mol. The van der Waals surface area contributed by atoms with E-state index in [9.17, 15) is 33.6 Å². The summed E-state index contributed by atoms with van der Waals surface area (Å²) in [6.45, 7) is -2.96. The highest BCUT2D eigenvalue weighted by Crippen LogP contribution is 2.32. The molecule has 4 amide bonds. The Morgan fingerprint density at radius 1 is 1.00 bits per heavy atom. The Hall–Kier alpha value is -5.47. The van der Waals surface area contributed by atoms with Gasteiger partial charge in [-0.15, -0.1) is 0 Å². The number of nitrogens with one attached hydrogen (secondary N) is 6. The average Bonchev–Trinajstić information content (AvgIpc) is 3.55. The van der Waals surface area contributed by atoms with Crippen LogP contribution in [-0.2, 0) is 33.4 Å². The van der Waals surface area contributed by atoms with Gasteiger partial charge in [0.2, 0.25) is 17.8 Å². The molecule has 1 aliphatic rings. The fourth-order valence-corrected chi connectivity index (χ4v) is 3.57. The Morgan fingerprint density at radius 2 is 1.62 bits per heavy atom. The smallest absolute Gasteiger partial charge is 0.407 e. The number of aromatic nitrogens is 4. The average molecular weight is 597 g/mol. The van der Waals surface area contributed by atoms with Crippen molar-refractivity contribution in [2.45, 2.75) is 24.9 Å². The van der Waals surface area contributed by atoms with Crippen LogP contribution in [0.5, 0.6) is 0 Å². The Balaban J connectivity index is 1.67.